The first kappa shape index (κ1) is 25.7. The van der Waals surface area contributed by atoms with Crippen molar-refractivity contribution >= 4 is 18.0 Å². The van der Waals surface area contributed by atoms with Crippen LogP contribution in [0.4, 0.5) is 4.79 Å². The van der Waals surface area contributed by atoms with E-state index in [2.05, 4.69) is 29.6 Å². The minimum Gasteiger partial charge on any atom is -0.458 e. The van der Waals surface area contributed by atoms with Crippen molar-refractivity contribution in [2.45, 2.75) is 71.1 Å². The van der Waals surface area contributed by atoms with Crippen LogP contribution in [0.25, 0.3) is 11.1 Å². The van der Waals surface area contributed by atoms with Gasteiger partial charge >= 0.3 is 12.1 Å². The number of hydrogen-bond acceptors (Lipinski definition) is 5. The lowest BCUT2D eigenvalue weighted by molar-refractivity contribution is -0.163. The van der Waals surface area contributed by atoms with Crippen molar-refractivity contribution in [2.24, 2.45) is 5.92 Å². The SMILES string of the molecule is CC(C)[C@H](NC(=O)OCC1c2ccccc2-c2ccccc21)C(=O)N1CCC[C@H]1C(=O)OC(C)(C)C. The van der Waals surface area contributed by atoms with Gasteiger partial charge in [-0.25, -0.2) is 9.59 Å². The highest BCUT2D eigenvalue weighted by Crippen LogP contribution is 2.44. The molecule has 0 aromatic heterocycles. The fourth-order valence-electron chi connectivity index (χ4n) is 5.10. The maximum Gasteiger partial charge on any atom is 0.407 e. The fraction of sp³-hybridized carbons (Fsp3) is 0.483. The Hall–Kier alpha value is -3.35. The second kappa shape index (κ2) is 10.3. The molecule has 2 aromatic rings. The summed E-state index contributed by atoms with van der Waals surface area (Å²) in [6.45, 7) is 9.78. The minimum atomic E-state index is -0.802. The zero-order valence-corrected chi connectivity index (χ0v) is 21.7. The summed E-state index contributed by atoms with van der Waals surface area (Å²) in [5, 5.41) is 2.77. The van der Waals surface area contributed by atoms with Gasteiger partial charge in [0.1, 0.15) is 24.3 Å². The molecule has 1 fully saturated rings. The molecule has 2 amide bonds. The summed E-state index contributed by atoms with van der Waals surface area (Å²) in [7, 11) is 0. The van der Waals surface area contributed by atoms with Crippen molar-refractivity contribution in [3.63, 3.8) is 0 Å². The number of ether oxygens (including phenoxy) is 2. The second-order valence-corrected chi connectivity index (χ2v) is 10.9. The Morgan fingerprint density at radius 2 is 1.58 bits per heavy atom. The van der Waals surface area contributed by atoms with Crippen LogP contribution in [0.3, 0.4) is 0 Å². The van der Waals surface area contributed by atoms with E-state index in [0.717, 1.165) is 22.3 Å². The van der Waals surface area contributed by atoms with E-state index in [9.17, 15) is 14.4 Å². The molecule has 7 nitrogen and oxygen atoms in total. The number of rotatable bonds is 6. The lowest BCUT2D eigenvalue weighted by Gasteiger charge is -2.31. The molecule has 2 aromatic carbocycles. The van der Waals surface area contributed by atoms with Crippen molar-refractivity contribution in [3.8, 4) is 11.1 Å². The number of benzene rings is 2. The van der Waals surface area contributed by atoms with Gasteiger partial charge in [0.05, 0.1) is 0 Å². The number of carbonyl (C=O) groups is 3. The number of esters is 1. The molecule has 192 valence electrons. The van der Waals surface area contributed by atoms with Crippen LogP contribution in [0, 0.1) is 5.92 Å². The maximum atomic E-state index is 13.4. The maximum absolute atomic E-state index is 13.4. The molecule has 0 bridgehead atoms. The molecule has 0 saturated carbocycles. The first-order valence-electron chi connectivity index (χ1n) is 12.7. The van der Waals surface area contributed by atoms with E-state index >= 15 is 0 Å². The molecule has 2 atom stereocenters. The van der Waals surface area contributed by atoms with Crippen LogP contribution in [-0.2, 0) is 19.1 Å². The number of likely N-dealkylation sites (tertiary alicyclic amines) is 1. The molecule has 0 radical (unpaired) electrons. The molecule has 1 heterocycles. The number of hydrogen-bond donors (Lipinski definition) is 1. The number of nitrogens with one attached hydrogen (secondary N) is 1. The summed E-state index contributed by atoms with van der Waals surface area (Å²) in [4.78, 5) is 40.6. The predicted molar refractivity (Wildman–Crippen MR) is 137 cm³/mol. The summed E-state index contributed by atoms with van der Waals surface area (Å²) in [5.74, 6) is -0.937. The lowest BCUT2D eigenvalue weighted by Crippen LogP contribution is -2.54. The van der Waals surface area contributed by atoms with Crippen LogP contribution in [0.2, 0.25) is 0 Å². The molecule has 1 aliphatic carbocycles. The smallest absolute Gasteiger partial charge is 0.407 e. The molecule has 1 N–H and O–H groups in total. The summed E-state index contributed by atoms with van der Waals surface area (Å²) in [6.07, 6.45) is 0.624. The minimum absolute atomic E-state index is 0.0634. The molecular formula is C29H36N2O5. The summed E-state index contributed by atoms with van der Waals surface area (Å²) < 4.78 is 11.2. The molecule has 1 saturated heterocycles. The molecule has 7 heteroatoms. The van der Waals surface area contributed by atoms with Crippen LogP contribution >= 0.6 is 0 Å². The quantitative estimate of drug-likeness (QED) is 0.581. The van der Waals surface area contributed by atoms with Crippen LogP contribution < -0.4 is 5.32 Å². The van der Waals surface area contributed by atoms with Gasteiger partial charge in [-0.3, -0.25) is 4.79 Å². The Morgan fingerprint density at radius 1 is 1.00 bits per heavy atom. The summed E-state index contributed by atoms with van der Waals surface area (Å²) >= 11 is 0. The second-order valence-electron chi connectivity index (χ2n) is 10.9. The Balaban J connectivity index is 1.42. The van der Waals surface area contributed by atoms with Crippen molar-refractivity contribution in [1.82, 2.24) is 10.2 Å². The highest BCUT2D eigenvalue weighted by molar-refractivity contribution is 5.90. The van der Waals surface area contributed by atoms with Crippen molar-refractivity contribution in [2.75, 3.05) is 13.2 Å². The molecular weight excluding hydrogens is 456 g/mol. The average Bonchev–Trinajstić information content (AvgIpc) is 3.43. The average molecular weight is 493 g/mol. The van der Waals surface area contributed by atoms with Gasteiger partial charge in [0.15, 0.2) is 0 Å². The number of amides is 2. The van der Waals surface area contributed by atoms with E-state index in [1.54, 1.807) is 4.90 Å². The van der Waals surface area contributed by atoms with Gasteiger partial charge in [0, 0.05) is 12.5 Å². The summed E-state index contributed by atoms with van der Waals surface area (Å²) in [5.41, 5.74) is 3.92. The Morgan fingerprint density at radius 3 is 2.14 bits per heavy atom. The third kappa shape index (κ3) is 5.40. The first-order valence-corrected chi connectivity index (χ1v) is 12.7. The molecule has 2 aliphatic rings. The van der Waals surface area contributed by atoms with Crippen molar-refractivity contribution in [1.29, 1.82) is 0 Å². The predicted octanol–water partition coefficient (Wildman–Crippen LogP) is 4.88. The largest absolute Gasteiger partial charge is 0.458 e. The van der Waals surface area contributed by atoms with Gasteiger partial charge in [-0.05, 0) is 61.8 Å². The van der Waals surface area contributed by atoms with Gasteiger partial charge in [-0.15, -0.1) is 0 Å². The van der Waals surface area contributed by atoms with Gasteiger partial charge in [-0.1, -0.05) is 62.4 Å². The third-order valence-electron chi connectivity index (χ3n) is 6.76. The van der Waals surface area contributed by atoms with Crippen molar-refractivity contribution < 1.29 is 23.9 Å². The van der Waals surface area contributed by atoms with Gasteiger partial charge in [-0.2, -0.15) is 0 Å². The summed E-state index contributed by atoms with van der Waals surface area (Å²) in [6, 6.07) is 14.8. The number of fused-ring (bicyclic) bond motifs is 3. The lowest BCUT2D eigenvalue weighted by atomic mass is 9.98. The Bertz CT molecular complexity index is 1090. The van der Waals surface area contributed by atoms with E-state index in [-0.39, 0.29) is 24.3 Å². The first-order chi connectivity index (χ1) is 17.1. The van der Waals surface area contributed by atoms with E-state index in [1.807, 2.05) is 58.9 Å². The highest BCUT2D eigenvalue weighted by Gasteiger charge is 2.40. The third-order valence-corrected chi connectivity index (χ3v) is 6.76. The number of carbonyl (C=O) groups excluding carboxylic acids is 3. The molecule has 36 heavy (non-hydrogen) atoms. The van der Waals surface area contributed by atoms with Crippen LogP contribution in [-0.4, -0.2) is 53.7 Å². The van der Waals surface area contributed by atoms with Gasteiger partial charge in [0.25, 0.3) is 0 Å². The molecule has 0 spiro atoms. The number of alkyl carbamates (subject to hydrolysis) is 1. The normalized spacial score (nSPS) is 17.9. The van der Waals surface area contributed by atoms with E-state index in [1.165, 1.54) is 0 Å². The van der Waals surface area contributed by atoms with Crippen LogP contribution in [0.1, 0.15) is 64.5 Å². The zero-order chi connectivity index (χ0) is 26.0. The Labute approximate surface area is 213 Å². The van der Waals surface area contributed by atoms with E-state index in [0.29, 0.717) is 19.4 Å². The molecule has 0 unspecified atom stereocenters. The van der Waals surface area contributed by atoms with Crippen LogP contribution in [0.15, 0.2) is 48.5 Å². The Kier molecular flexibility index (Phi) is 7.38. The zero-order valence-electron chi connectivity index (χ0n) is 21.7. The number of nitrogens with zero attached hydrogens (tertiary/aromatic N) is 1. The van der Waals surface area contributed by atoms with Gasteiger partial charge in [0.2, 0.25) is 5.91 Å². The van der Waals surface area contributed by atoms with E-state index in [4.69, 9.17) is 9.47 Å². The molecule has 1 aliphatic heterocycles. The topological polar surface area (TPSA) is 84.9 Å². The molecule has 4 rings (SSSR count). The van der Waals surface area contributed by atoms with Crippen molar-refractivity contribution in [3.05, 3.63) is 59.7 Å². The fourth-order valence-corrected chi connectivity index (χ4v) is 5.10. The monoisotopic (exact) mass is 492 g/mol. The standard InChI is InChI=1S/C29H36N2O5/c1-18(2)25(26(32)31-16-10-15-24(31)27(33)36-29(3,4)5)30-28(34)35-17-23-21-13-8-6-11-19(21)20-12-7-9-14-22(20)23/h6-9,11-14,18,23-25H,10,15-17H2,1-5H3,(H,30,34)/t24-,25-/m0/s1. The van der Waals surface area contributed by atoms with Gasteiger partial charge < -0.3 is 19.7 Å². The van der Waals surface area contributed by atoms with E-state index < -0.39 is 29.7 Å². The van der Waals surface area contributed by atoms with Crippen LogP contribution in [0.5, 0.6) is 0 Å². The highest BCUT2D eigenvalue weighted by atomic mass is 16.6.